The molecule has 3 rings (SSSR count). The molecule has 114 valence electrons. The van der Waals surface area contributed by atoms with E-state index in [1.807, 2.05) is 0 Å². The van der Waals surface area contributed by atoms with Crippen LogP contribution in [-0.2, 0) is 17.7 Å². The fraction of sp³-hybridized carbons (Fsp3) is 0.231. The Morgan fingerprint density at radius 1 is 1.45 bits per heavy atom. The monoisotopic (exact) mass is 338 g/mol. The number of nitrogens with zero attached hydrogens (tertiary/aromatic N) is 4. The lowest BCUT2D eigenvalue weighted by atomic mass is 10.2. The number of aromatic nitrogens is 4. The van der Waals surface area contributed by atoms with Crippen LogP contribution in [0.15, 0.2) is 27.6 Å². The number of thiazole rings is 1. The first kappa shape index (κ1) is 15.1. The number of fused-ring (bicyclic) bond motifs is 1. The second kappa shape index (κ2) is 5.75. The standard InChI is InChI=1S/C13H11FN4O2S2/c1-3-18-10(7-4-5-15-6-8(7)14)17-11-9(12(18)19)16-13(21-11)22(2)20/h4-6H,3H2,1-2H3. The fourth-order valence-electron chi connectivity index (χ4n) is 2.07. The van der Waals surface area contributed by atoms with Crippen molar-refractivity contribution in [2.45, 2.75) is 17.8 Å². The predicted octanol–water partition coefficient (Wildman–Crippen LogP) is 1.81. The summed E-state index contributed by atoms with van der Waals surface area (Å²) in [6.07, 6.45) is 4.00. The van der Waals surface area contributed by atoms with Crippen LogP contribution in [0.5, 0.6) is 0 Å². The normalized spacial score (nSPS) is 12.7. The Bertz CT molecular complexity index is 907. The molecule has 6 nitrogen and oxygen atoms in total. The van der Waals surface area contributed by atoms with Crippen molar-refractivity contribution in [1.82, 2.24) is 19.5 Å². The van der Waals surface area contributed by atoms with E-state index in [2.05, 4.69) is 15.0 Å². The highest BCUT2D eigenvalue weighted by molar-refractivity contribution is 7.92. The summed E-state index contributed by atoms with van der Waals surface area (Å²) < 4.78 is 27.2. The largest absolute Gasteiger partial charge is 0.610 e. The summed E-state index contributed by atoms with van der Waals surface area (Å²) in [5, 5.41) is 0. The number of hydrogen-bond donors (Lipinski definition) is 0. The minimum Gasteiger partial charge on any atom is -0.610 e. The first-order valence-electron chi connectivity index (χ1n) is 6.37. The molecule has 0 amide bonds. The lowest BCUT2D eigenvalue weighted by molar-refractivity contribution is 0.600. The van der Waals surface area contributed by atoms with E-state index in [9.17, 15) is 13.7 Å². The van der Waals surface area contributed by atoms with Crippen molar-refractivity contribution in [2.24, 2.45) is 0 Å². The van der Waals surface area contributed by atoms with Crippen LogP contribution in [-0.4, -0.2) is 30.3 Å². The van der Waals surface area contributed by atoms with Gasteiger partial charge in [0.15, 0.2) is 16.2 Å². The van der Waals surface area contributed by atoms with Crippen molar-refractivity contribution in [2.75, 3.05) is 6.26 Å². The van der Waals surface area contributed by atoms with Crippen LogP contribution in [0.3, 0.4) is 0 Å². The molecule has 3 heterocycles. The third-order valence-corrected chi connectivity index (χ3v) is 5.36. The smallest absolute Gasteiger partial charge is 0.304 e. The summed E-state index contributed by atoms with van der Waals surface area (Å²) in [5.41, 5.74) is -0.00894. The molecule has 1 unspecified atom stereocenters. The molecule has 0 aromatic carbocycles. The van der Waals surface area contributed by atoms with Crippen LogP contribution < -0.4 is 5.56 Å². The van der Waals surface area contributed by atoms with Gasteiger partial charge in [-0.15, -0.1) is 0 Å². The Labute approximate surface area is 131 Å². The highest BCUT2D eigenvalue weighted by atomic mass is 32.2. The molecular weight excluding hydrogens is 327 g/mol. The first-order chi connectivity index (χ1) is 10.5. The van der Waals surface area contributed by atoms with Crippen LogP contribution >= 0.6 is 11.3 Å². The molecule has 0 saturated heterocycles. The SMILES string of the molecule is CCn1c(-c2ccncc2F)nc2sc([S+](C)[O-])nc2c1=O. The third-order valence-electron chi connectivity index (χ3n) is 3.08. The van der Waals surface area contributed by atoms with Crippen LogP contribution in [0.2, 0.25) is 0 Å². The molecule has 0 aliphatic heterocycles. The lowest BCUT2D eigenvalue weighted by Crippen LogP contribution is -2.23. The zero-order valence-electron chi connectivity index (χ0n) is 11.7. The predicted molar refractivity (Wildman–Crippen MR) is 82.9 cm³/mol. The third kappa shape index (κ3) is 2.40. The highest BCUT2D eigenvalue weighted by Crippen LogP contribution is 2.26. The fourth-order valence-corrected chi connectivity index (χ4v) is 3.66. The van der Waals surface area contributed by atoms with E-state index in [1.54, 1.807) is 6.92 Å². The molecule has 0 N–H and O–H groups in total. The molecule has 1 atom stereocenters. The zero-order chi connectivity index (χ0) is 15.9. The van der Waals surface area contributed by atoms with Gasteiger partial charge in [-0.25, -0.2) is 9.37 Å². The number of rotatable bonds is 3. The highest BCUT2D eigenvalue weighted by Gasteiger charge is 2.20. The Morgan fingerprint density at radius 2 is 2.23 bits per heavy atom. The van der Waals surface area contributed by atoms with Crippen molar-refractivity contribution in [3.8, 4) is 11.4 Å². The molecule has 0 bridgehead atoms. The average molecular weight is 338 g/mol. The topological polar surface area (TPSA) is 83.7 Å². The second-order valence-corrected chi connectivity index (χ2v) is 6.96. The van der Waals surface area contributed by atoms with Gasteiger partial charge in [0.1, 0.15) is 12.1 Å². The van der Waals surface area contributed by atoms with Gasteiger partial charge >= 0.3 is 4.34 Å². The van der Waals surface area contributed by atoms with Crippen molar-refractivity contribution in [3.05, 3.63) is 34.6 Å². The Morgan fingerprint density at radius 3 is 2.86 bits per heavy atom. The maximum absolute atomic E-state index is 14.0. The maximum atomic E-state index is 14.0. The van der Waals surface area contributed by atoms with Gasteiger partial charge < -0.3 is 4.55 Å². The molecular formula is C13H11FN4O2S2. The minimum absolute atomic E-state index is 0.162. The molecule has 9 heteroatoms. The molecule has 0 spiro atoms. The van der Waals surface area contributed by atoms with Crippen LogP contribution in [0.4, 0.5) is 4.39 Å². The van der Waals surface area contributed by atoms with Gasteiger partial charge in [-0.05, 0) is 24.3 Å². The van der Waals surface area contributed by atoms with Crippen LogP contribution in [0.1, 0.15) is 6.92 Å². The van der Waals surface area contributed by atoms with E-state index in [0.717, 1.165) is 17.5 Å². The average Bonchev–Trinajstić information content (AvgIpc) is 2.92. The summed E-state index contributed by atoms with van der Waals surface area (Å²) in [4.78, 5) is 25.0. The zero-order valence-corrected chi connectivity index (χ0v) is 13.4. The number of hydrogen-bond acceptors (Lipinski definition) is 6. The van der Waals surface area contributed by atoms with E-state index in [0.29, 0.717) is 15.7 Å². The van der Waals surface area contributed by atoms with E-state index in [4.69, 9.17) is 0 Å². The molecule has 0 saturated carbocycles. The molecule has 3 aromatic rings. The van der Waals surface area contributed by atoms with E-state index in [-0.39, 0.29) is 22.5 Å². The van der Waals surface area contributed by atoms with Crippen molar-refractivity contribution >= 4 is 32.9 Å². The Balaban J connectivity index is 2.35. The Kier molecular flexibility index (Phi) is 3.94. The van der Waals surface area contributed by atoms with Crippen LogP contribution in [0, 0.1) is 5.82 Å². The van der Waals surface area contributed by atoms with Gasteiger partial charge in [0.25, 0.3) is 5.56 Å². The van der Waals surface area contributed by atoms with Crippen molar-refractivity contribution in [3.63, 3.8) is 0 Å². The van der Waals surface area contributed by atoms with Gasteiger partial charge in [0.2, 0.25) is 0 Å². The van der Waals surface area contributed by atoms with E-state index < -0.39 is 17.0 Å². The molecule has 0 aliphatic rings. The summed E-state index contributed by atoms with van der Waals surface area (Å²) in [6.45, 7) is 2.09. The minimum atomic E-state index is -1.30. The second-order valence-electron chi connectivity index (χ2n) is 4.43. The molecule has 3 aromatic heterocycles. The molecule has 0 fully saturated rings. The van der Waals surface area contributed by atoms with E-state index >= 15 is 0 Å². The number of pyridine rings is 1. The summed E-state index contributed by atoms with van der Waals surface area (Å²) in [7, 11) is 0. The Hall–Kier alpha value is -1.84. The van der Waals surface area contributed by atoms with Crippen molar-refractivity contribution in [1.29, 1.82) is 0 Å². The summed E-state index contributed by atoms with van der Waals surface area (Å²) in [5.74, 6) is -0.336. The van der Waals surface area contributed by atoms with E-state index in [1.165, 1.54) is 23.1 Å². The summed E-state index contributed by atoms with van der Waals surface area (Å²) in [6, 6.07) is 1.47. The summed E-state index contributed by atoms with van der Waals surface area (Å²) >= 11 is -0.219. The van der Waals surface area contributed by atoms with Gasteiger partial charge in [0, 0.05) is 23.9 Å². The van der Waals surface area contributed by atoms with Gasteiger partial charge in [0.05, 0.1) is 11.8 Å². The molecule has 0 aliphatic carbocycles. The first-order valence-corrected chi connectivity index (χ1v) is 8.75. The van der Waals surface area contributed by atoms with Crippen LogP contribution in [0.25, 0.3) is 21.7 Å². The van der Waals surface area contributed by atoms with Gasteiger partial charge in [-0.1, -0.05) is 0 Å². The number of halogens is 1. The lowest BCUT2D eigenvalue weighted by Gasteiger charge is -2.09. The maximum Gasteiger partial charge on any atom is 0.304 e. The molecule has 22 heavy (non-hydrogen) atoms. The van der Waals surface area contributed by atoms with Gasteiger partial charge in [-0.3, -0.25) is 14.3 Å². The quantitative estimate of drug-likeness (QED) is 0.680. The molecule has 0 radical (unpaired) electrons. The van der Waals surface area contributed by atoms with Crippen molar-refractivity contribution < 1.29 is 8.94 Å². The van der Waals surface area contributed by atoms with Gasteiger partial charge in [-0.2, -0.15) is 4.98 Å².